The molecule has 2 spiro atoms. The molecule has 114 heavy (non-hydrogen) atoms. The third-order valence-corrected chi connectivity index (χ3v) is 28.7. The Morgan fingerprint density at radius 1 is 0.254 bits per heavy atom. The van der Waals surface area contributed by atoms with Crippen LogP contribution in [0.4, 0.5) is 17.1 Å². The lowest BCUT2D eigenvalue weighted by molar-refractivity contribution is 0.369. The lowest BCUT2D eigenvalue weighted by Gasteiger charge is -2.40. The van der Waals surface area contributed by atoms with Gasteiger partial charge < -0.3 is 13.7 Å². The minimum atomic E-state index is -0.686. The number of rotatable bonds is 27. The summed E-state index contributed by atoms with van der Waals surface area (Å²) >= 11 is 0. The van der Waals surface area contributed by atoms with Crippen molar-refractivity contribution in [3.05, 3.63) is 327 Å². The first kappa shape index (κ1) is 71.1. The number of aryl methyl sites for hydroxylation is 1. The van der Waals surface area contributed by atoms with Crippen molar-refractivity contribution in [3.63, 3.8) is 0 Å². The molecule has 6 aliphatic carbocycles. The number of benzene rings is 13. The normalized spacial score (nSPS) is 15.0. The smallest absolute Gasteiger partial charge is 0.144 e. The van der Waals surface area contributed by atoms with Crippen LogP contribution in [0.25, 0.3) is 111 Å². The van der Waals surface area contributed by atoms with Gasteiger partial charge in [0, 0.05) is 55.0 Å². The minimum Gasteiger partial charge on any atom is -0.456 e. The summed E-state index contributed by atoms with van der Waals surface area (Å²) in [6.07, 6.45) is 29.5. The molecule has 0 amide bonds. The zero-order valence-electron chi connectivity index (χ0n) is 67.5. The highest BCUT2D eigenvalue weighted by atomic mass is 16.3. The first-order valence-corrected chi connectivity index (χ1v) is 44.1. The number of fused-ring (bicyclic) bond motifs is 36. The molecular weight excluding hydrogens is 1380 g/mol. The fourth-order valence-corrected chi connectivity index (χ4v) is 23.9. The Hall–Kier alpha value is -10.7. The van der Waals surface area contributed by atoms with Gasteiger partial charge in [-0.15, -0.1) is 0 Å². The zero-order valence-corrected chi connectivity index (χ0v) is 67.5. The van der Waals surface area contributed by atoms with Crippen molar-refractivity contribution >= 4 is 60.9 Å². The van der Waals surface area contributed by atoms with Crippen LogP contribution in [0.2, 0.25) is 0 Å². The van der Waals surface area contributed by atoms with Gasteiger partial charge in [-0.2, -0.15) is 0 Å². The van der Waals surface area contributed by atoms with Crippen LogP contribution in [0.1, 0.15) is 254 Å². The third kappa shape index (κ3) is 10.2. The van der Waals surface area contributed by atoms with E-state index < -0.39 is 10.8 Å². The van der Waals surface area contributed by atoms with E-state index in [2.05, 4.69) is 294 Å². The molecule has 566 valence electrons. The summed E-state index contributed by atoms with van der Waals surface area (Å²) < 4.78 is 14.7. The van der Waals surface area contributed by atoms with Gasteiger partial charge in [0.2, 0.25) is 0 Å². The van der Waals surface area contributed by atoms with E-state index in [4.69, 9.17) is 8.83 Å². The number of nitrogens with zero attached hydrogens (tertiary/aromatic N) is 1. The molecule has 0 saturated heterocycles. The van der Waals surface area contributed by atoms with Crippen LogP contribution in [0, 0.1) is 6.92 Å². The van der Waals surface area contributed by atoms with Crippen molar-refractivity contribution in [2.45, 2.75) is 210 Å². The maximum absolute atomic E-state index is 7.73. The molecule has 0 atom stereocenters. The van der Waals surface area contributed by atoms with Gasteiger partial charge in [0.1, 0.15) is 22.3 Å². The van der Waals surface area contributed by atoms with Crippen LogP contribution in [-0.2, 0) is 21.7 Å². The molecule has 6 aliphatic rings. The lowest BCUT2D eigenvalue weighted by atomic mass is 9.62. The average molecular weight is 1490 g/mol. The molecule has 15 aromatic rings. The molecular formula is C111H105NO2. The topological polar surface area (TPSA) is 29.5 Å². The number of hydrogen-bond donors (Lipinski definition) is 0. The molecule has 0 bridgehead atoms. The predicted octanol–water partition coefficient (Wildman–Crippen LogP) is 31.9. The second-order valence-electron chi connectivity index (χ2n) is 34.9. The Kier molecular flexibility index (Phi) is 17.7. The molecule has 2 aromatic heterocycles. The second-order valence-corrected chi connectivity index (χ2v) is 34.9. The molecule has 0 saturated carbocycles. The SMILES string of the molecule is CCCCCCCC1(CCCCCCC)c2cc(N(c3ccc(C)cc3)c3ccc4c(c3)C3(c5ccccc5-c5ccccc53)c3cc5c(cc3-4)C3(c4ccccc4-c4ccccc43)c3ccc4oc6ccccc6c4c3-5)ccc2-c2c1c1c(c3c2oc2ccccc23)-c2ccccc2C1(CCCCCCC)CCCCCCC. The van der Waals surface area contributed by atoms with E-state index in [1.165, 1.54) is 273 Å². The van der Waals surface area contributed by atoms with E-state index in [-0.39, 0.29) is 10.8 Å². The van der Waals surface area contributed by atoms with E-state index in [1.807, 2.05) is 0 Å². The van der Waals surface area contributed by atoms with E-state index in [9.17, 15) is 0 Å². The molecule has 0 fully saturated rings. The summed E-state index contributed by atoms with van der Waals surface area (Å²) in [6, 6.07) is 100. The van der Waals surface area contributed by atoms with E-state index in [1.54, 1.807) is 16.7 Å². The van der Waals surface area contributed by atoms with Gasteiger partial charge in [-0.05, 0) is 227 Å². The van der Waals surface area contributed by atoms with Gasteiger partial charge in [0.15, 0.2) is 0 Å². The lowest BCUT2D eigenvalue weighted by Crippen LogP contribution is -2.33. The largest absolute Gasteiger partial charge is 0.456 e. The summed E-state index contributed by atoms with van der Waals surface area (Å²) in [7, 11) is 0. The van der Waals surface area contributed by atoms with Gasteiger partial charge in [0.05, 0.1) is 10.8 Å². The Morgan fingerprint density at radius 3 is 1.18 bits per heavy atom. The molecule has 0 aliphatic heterocycles. The van der Waals surface area contributed by atoms with Gasteiger partial charge >= 0.3 is 0 Å². The summed E-state index contributed by atoms with van der Waals surface area (Å²) in [5.74, 6) is 0. The van der Waals surface area contributed by atoms with Crippen LogP contribution in [0.15, 0.2) is 264 Å². The molecule has 21 rings (SSSR count). The first-order chi connectivity index (χ1) is 56.3. The average Bonchev–Trinajstić information content (AvgIpc) is 1.49. The summed E-state index contributed by atoms with van der Waals surface area (Å²) in [6.45, 7) is 11.8. The maximum Gasteiger partial charge on any atom is 0.144 e. The maximum atomic E-state index is 7.73. The van der Waals surface area contributed by atoms with Crippen LogP contribution < -0.4 is 4.90 Å². The van der Waals surface area contributed by atoms with Gasteiger partial charge in [-0.1, -0.05) is 350 Å². The van der Waals surface area contributed by atoms with E-state index >= 15 is 0 Å². The highest BCUT2D eigenvalue weighted by Crippen LogP contribution is 2.72. The fourth-order valence-electron chi connectivity index (χ4n) is 23.9. The number of furan rings is 2. The Morgan fingerprint density at radius 2 is 0.640 bits per heavy atom. The molecule has 0 radical (unpaired) electrons. The molecule has 13 aromatic carbocycles. The van der Waals surface area contributed by atoms with Crippen LogP contribution in [-0.4, -0.2) is 0 Å². The van der Waals surface area contributed by atoms with Crippen molar-refractivity contribution in [1.82, 2.24) is 0 Å². The minimum absolute atomic E-state index is 0.166. The highest BCUT2D eigenvalue weighted by Gasteiger charge is 2.59. The van der Waals surface area contributed by atoms with Gasteiger partial charge in [-0.25, -0.2) is 0 Å². The Bertz CT molecular complexity index is 6180. The van der Waals surface area contributed by atoms with Crippen molar-refractivity contribution in [2.24, 2.45) is 0 Å². The summed E-state index contributed by atoms with van der Waals surface area (Å²) in [5, 5.41) is 4.93. The van der Waals surface area contributed by atoms with Crippen molar-refractivity contribution < 1.29 is 8.83 Å². The fraction of sp³-hybridized carbons (Fsp3) is 0.297. The Labute approximate surface area is 674 Å². The predicted molar refractivity (Wildman–Crippen MR) is 479 cm³/mol. The standard InChI is InChI=1S/C111H105NO2/c1-6-10-14-18-36-64-108(65-37-19-15-11-7-2)87-47-29-26-44-81(87)102-103-84-46-28-35-53-98(84)114-107(103)104-82-61-59-74(68-93(82)109(106(104)105(102)108,66-38-20-16-12-8-3)67-39-21-17-13-9-4)112(73-56-54-72(5)55-57-73)75-58-60-80-85-70-96-86(71-95(85)111(94(80)69-75)90-50-32-24-42-78(90)79-43-25-33-51-91(79)111)100-92(62-63-99-101(100)83-45-27-34-52-97(83)113-99)110(96)88-48-30-22-40-76(88)77-41-23-31-49-89(77)110/h22-35,40-63,68-71H,6-21,36-39,64-67H2,1-5H3. The monoisotopic (exact) mass is 1480 g/mol. The van der Waals surface area contributed by atoms with E-state index in [0.29, 0.717) is 0 Å². The van der Waals surface area contributed by atoms with Gasteiger partial charge in [0.25, 0.3) is 0 Å². The molecule has 3 heteroatoms. The van der Waals surface area contributed by atoms with Crippen molar-refractivity contribution in [3.8, 4) is 66.8 Å². The van der Waals surface area contributed by atoms with Gasteiger partial charge in [-0.3, -0.25) is 0 Å². The first-order valence-electron chi connectivity index (χ1n) is 44.1. The molecule has 0 N–H and O–H groups in total. The second kappa shape index (κ2) is 28.4. The quantitative estimate of drug-likeness (QED) is 0.0481. The Balaban J connectivity index is 0.824. The molecule has 3 nitrogen and oxygen atoms in total. The zero-order chi connectivity index (χ0) is 76.4. The number of anilines is 3. The number of para-hydroxylation sites is 2. The van der Waals surface area contributed by atoms with Crippen LogP contribution >= 0.6 is 0 Å². The molecule has 2 heterocycles. The number of unbranched alkanes of at least 4 members (excludes halogenated alkanes) is 16. The summed E-state index contributed by atoms with van der Waals surface area (Å²) in [4.78, 5) is 2.67. The van der Waals surface area contributed by atoms with E-state index in [0.717, 1.165) is 64.8 Å². The van der Waals surface area contributed by atoms with Crippen molar-refractivity contribution in [1.29, 1.82) is 0 Å². The van der Waals surface area contributed by atoms with Crippen LogP contribution in [0.5, 0.6) is 0 Å². The summed E-state index contributed by atoms with van der Waals surface area (Å²) in [5.41, 5.74) is 40.1. The van der Waals surface area contributed by atoms with Crippen molar-refractivity contribution in [2.75, 3.05) is 4.90 Å². The number of hydrogen-bond acceptors (Lipinski definition) is 3. The molecule has 0 unspecified atom stereocenters. The van der Waals surface area contributed by atoms with Crippen LogP contribution in [0.3, 0.4) is 0 Å². The highest BCUT2D eigenvalue weighted by molar-refractivity contribution is 6.22. The third-order valence-electron chi connectivity index (χ3n) is 28.7.